The molecule has 0 amide bonds. The highest BCUT2D eigenvalue weighted by Gasteiger charge is 2.06. The quantitative estimate of drug-likeness (QED) is 0.0592. The molecule has 2 atom stereocenters. The van der Waals surface area contributed by atoms with Gasteiger partial charge in [-0.25, -0.2) is 14.4 Å². The molecular weight excluding hydrogens is 1040 g/mol. The maximum atomic E-state index is 11.4. The molecule has 4 rings (SSSR count). The largest absolute Gasteiger partial charge is 0.478 e. The van der Waals surface area contributed by atoms with Crippen LogP contribution in [0.5, 0.6) is 0 Å². The van der Waals surface area contributed by atoms with Gasteiger partial charge in [0.05, 0.1) is 23.0 Å². The molecule has 0 aromatic heterocycles. The van der Waals surface area contributed by atoms with E-state index in [1.807, 2.05) is 94.8 Å². The van der Waals surface area contributed by atoms with Crippen molar-refractivity contribution < 1.29 is 39.2 Å². The molecule has 69 heavy (non-hydrogen) atoms. The van der Waals surface area contributed by atoms with Crippen molar-refractivity contribution in [2.24, 2.45) is 0 Å². The fraction of sp³-hybridized carbons (Fsp3) is 0.412. The molecule has 0 spiro atoms. The number of rotatable bonds is 15. The normalized spacial score (nSPS) is 9.32. The fourth-order valence-corrected chi connectivity index (χ4v) is 6.73. The van der Waals surface area contributed by atoms with E-state index in [4.69, 9.17) is 56.7 Å². The first kappa shape index (κ1) is 73.2. The van der Waals surface area contributed by atoms with Gasteiger partial charge in [-0.2, -0.15) is 11.8 Å². The molecule has 4 aromatic rings. The zero-order valence-corrected chi connectivity index (χ0v) is 50.3. The van der Waals surface area contributed by atoms with Gasteiger partial charge < -0.3 is 29.7 Å². The van der Waals surface area contributed by atoms with E-state index in [1.54, 1.807) is 90.6 Å². The number of benzene rings is 4. The third kappa shape index (κ3) is 50.4. The minimum absolute atomic E-state index is 0.167. The lowest BCUT2D eigenvalue weighted by Gasteiger charge is -2.07. The van der Waals surface area contributed by atoms with Crippen LogP contribution in [0.25, 0.3) is 0 Å². The van der Waals surface area contributed by atoms with E-state index in [2.05, 4.69) is 68.1 Å². The van der Waals surface area contributed by atoms with Gasteiger partial charge >= 0.3 is 17.9 Å². The smallest absolute Gasteiger partial charge is 0.338 e. The molecule has 0 bridgehead atoms. The Labute approximate surface area is 453 Å². The second-order valence-corrected chi connectivity index (χ2v) is 21.5. The molecular formula is C51H77NO8P2S7. The summed E-state index contributed by atoms with van der Waals surface area (Å²) in [4.78, 5) is 34.8. The lowest BCUT2D eigenvalue weighted by atomic mass is 10.1. The van der Waals surface area contributed by atoms with Crippen molar-refractivity contribution in [3.63, 3.8) is 0 Å². The lowest BCUT2D eigenvalue weighted by molar-refractivity contribution is 0.0577. The van der Waals surface area contributed by atoms with Gasteiger partial charge in [-0.15, -0.1) is 44.5 Å². The van der Waals surface area contributed by atoms with Crippen LogP contribution in [0.2, 0.25) is 0 Å². The van der Waals surface area contributed by atoms with Crippen molar-refractivity contribution in [2.45, 2.75) is 67.1 Å². The van der Waals surface area contributed by atoms with Crippen molar-refractivity contribution in [3.05, 3.63) is 142 Å². The Morgan fingerprint density at radius 1 is 0.623 bits per heavy atom. The van der Waals surface area contributed by atoms with Gasteiger partial charge in [0, 0.05) is 43.6 Å². The summed E-state index contributed by atoms with van der Waals surface area (Å²) in [6, 6.07) is 31.6. The third-order valence-corrected chi connectivity index (χ3v) is 11.7. The first-order valence-electron chi connectivity index (χ1n) is 21.7. The zero-order chi connectivity index (χ0) is 53.4. The Kier molecular flexibility index (Phi) is 55.2. The van der Waals surface area contributed by atoms with Crippen LogP contribution in [0.4, 0.5) is 0 Å². The standard InChI is InChI=1S/C12H15O2PS2.C11H12O2S2.C10H10O2S2.C7H8.C5H13N.C3H8O.C2H6S.CH5OP/c1-9(16)17-7-6-10-2-4-11(5-3-10)12(13)14-8-15;1-8(14)15-7-6-9-2-4-10(5-3-9)11(12)13;1-7(13)14-6-8-2-4-9(5-3-8)10(11)12;1-7-5-3-2-4-6-7;1-4-6(3)5-2;1-3-4-2;1-3-2;2-1-3/h2-5H,6-8,15H2,1H3;2-5H,6-7H2,1H3,(H,12,13);2-5H,6H2,1H3,(H,11,12);2-6H,1H3;4-5H2,1-3H3;3H2,1-2H3;1-2H3;2H,1,3H2. The highest BCUT2D eigenvalue weighted by Crippen LogP contribution is 2.15. The van der Waals surface area contributed by atoms with Crippen molar-refractivity contribution >= 4 is 133 Å². The number of hydrogen-bond acceptors (Lipinski definition) is 14. The van der Waals surface area contributed by atoms with Crippen molar-refractivity contribution in [1.29, 1.82) is 0 Å². The second-order valence-electron chi connectivity index (χ2n) is 13.6. The molecule has 3 N–H and O–H groups in total. The summed E-state index contributed by atoms with van der Waals surface area (Å²) in [5.74, 6) is 0.665. The number of aryl methyl sites for hydroxylation is 3. The van der Waals surface area contributed by atoms with Crippen LogP contribution in [0.1, 0.15) is 94.9 Å². The number of carboxylic acid groups (broad SMARTS) is 2. The molecule has 0 saturated carbocycles. The summed E-state index contributed by atoms with van der Waals surface area (Å²) in [5, 5.41) is 24.9. The van der Waals surface area contributed by atoms with Crippen LogP contribution in [-0.2, 0) is 28.1 Å². The maximum absolute atomic E-state index is 11.4. The highest BCUT2D eigenvalue weighted by atomic mass is 32.2. The second kappa shape index (κ2) is 52.0. The predicted molar refractivity (Wildman–Crippen MR) is 325 cm³/mol. The van der Waals surface area contributed by atoms with Crippen LogP contribution in [0.15, 0.2) is 103 Å². The average Bonchev–Trinajstić information content (AvgIpc) is 3.32. The molecule has 9 nitrogen and oxygen atoms in total. The number of esters is 1. The summed E-state index contributed by atoms with van der Waals surface area (Å²) < 4.78 is 12.2. The molecule has 0 aliphatic rings. The van der Waals surface area contributed by atoms with Gasteiger partial charge in [-0.05, 0) is 133 Å². The predicted octanol–water partition coefficient (Wildman–Crippen LogP) is 13.7. The monoisotopic (exact) mass is 1120 g/mol. The van der Waals surface area contributed by atoms with Crippen LogP contribution < -0.4 is 0 Å². The topological polar surface area (TPSA) is 134 Å². The molecule has 2 unspecified atom stereocenters. The Hall–Kier alpha value is -2.30. The first-order chi connectivity index (χ1) is 32.8. The molecule has 0 aliphatic heterocycles. The van der Waals surface area contributed by atoms with Crippen LogP contribution >= 0.6 is 102 Å². The van der Waals surface area contributed by atoms with Crippen molar-refractivity contribution in [3.8, 4) is 0 Å². The minimum atomic E-state index is -0.893. The summed E-state index contributed by atoms with van der Waals surface area (Å²) in [6.45, 7) is 17.2. The van der Waals surface area contributed by atoms with Gasteiger partial charge in [0.25, 0.3) is 0 Å². The molecule has 18 heteroatoms. The molecule has 0 heterocycles. The van der Waals surface area contributed by atoms with Crippen LogP contribution in [0, 0.1) is 6.92 Å². The van der Waals surface area contributed by atoms with E-state index < -0.39 is 11.9 Å². The summed E-state index contributed by atoms with van der Waals surface area (Å²) in [7, 11) is 8.28. The Balaban J connectivity index is -0.000000376. The van der Waals surface area contributed by atoms with E-state index in [0.717, 1.165) is 73.5 Å². The van der Waals surface area contributed by atoms with E-state index in [0.29, 0.717) is 23.0 Å². The molecule has 0 radical (unpaired) electrons. The van der Waals surface area contributed by atoms with Crippen LogP contribution in [-0.4, -0.2) is 121 Å². The first-order valence-corrected chi connectivity index (χ1v) is 29.1. The Morgan fingerprint density at radius 2 is 0.957 bits per heavy atom. The van der Waals surface area contributed by atoms with Crippen molar-refractivity contribution in [1.82, 2.24) is 4.90 Å². The van der Waals surface area contributed by atoms with E-state index in [1.165, 1.54) is 11.1 Å². The number of thiocarbonyl (C=S) groups is 3. The summed E-state index contributed by atoms with van der Waals surface area (Å²) in [5.41, 5.74) is 6.00. The van der Waals surface area contributed by atoms with Gasteiger partial charge in [0.15, 0.2) is 0 Å². The fourth-order valence-electron chi connectivity index (χ4n) is 4.09. The number of aliphatic hydroxyl groups excluding tert-OH is 1. The van der Waals surface area contributed by atoms with Crippen molar-refractivity contribution in [2.75, 3.05) is 70.6 Å². The van der Waals surface area contributed by atoms with Gasteiger partial charge in [0.2, 0.25) is 0 Å². The number of carboxylic acids is 2. The SMILES string of the molecule is CC(=S)SCCc1ccc(C(=O)O)cc1.CC(=S)SCCc1ccc(C(=O)OCP)cc1.CC(=S)SCc1ccc(C(=O)O)cc1.CCN(C)CC.CCOC.CSC.Cc1ccccc1.OCP. The van der Waals surface area contributed by atoms with E-state index in [9.17, 15) is 14.4 Å². The van der Waals surface area contributed by atoms with Gasteiger partial charge in [-0.1, -0.05) is 132 Å². The molecule has 0 aliphatic carbocycles. The average molecular weight is 1120 g/mol. The van der Waals surface area contributed by atoms with Gasteiger partial charge in [-0.3, -0.25) is 0 Å². The van der Waals surface area contributed by atoms with E-state index >= 15 is 0 Å². The lowest BCUT2D eigenvalue weighted by Crippen LogP contribution is -2.15. The number of methoxy groups -OCH3 is 1. The number of aliphatic hydroxyl groups is 1. The Morgan fingerprint density at radius 3 is 1.20 bits per heavy atom. The number of carbonyl (C=O) groups is 3. The van der Waals surface area contributed by atoms with Crippen LogP contribution in [0.3, 0.4) is 0 Å². The van der Waals surface area contributed by atoms with E-state index in [-0.39, 0.29) is 12.3 Å². The summed E-state index contributed by atoms with van der Waals surface area (Å²) >= 11 is 21.5. The number of ether oxygens (including phenoxy) is 2. The Bertz CT molecular complexity index is 1900. The number of hydrogen-bond donors (Lipinski definition) is 3. The summed E-state index contributed by atoms with van der Waals surface area (Å²) in [6.07, 6.45) is 6.45. The maximum Gasteiger partial charge on any atom is 0.338 e. The molecule has 0 fully saturated rings. The molecule has 386 valence electrons. The number of thioether (sulfide) groups is 4. The number of aromatic carboxylic acids is 2. The number of carbonyl (C=O) groups excluding carboxylic acids is 1. The number of nitrogens with zero attached hydrogens (tertiary/aromatic N) is 1. The highest BCUT2D eigenvalue weighted by molar-refractivity contribution is 8.23. The third-order valence-electron chi connectivity index (χ3n) is 7.95. The van der Waals surface area contributed by atoms with Gasteiger partial charge in [0.1, 0.15) is 6.35 Å². The minimum Gasteiger partial charge on any atom is -0.478 e. The zero-order valence-electron chi connectivity index (χ0n) is 42.2. The molecule has 4 aromatic carbocycles. The molecule has 0 saturated heterocycles.